The minimum Gasteiger partial charge on any atom is -0.487 e. The number of carbonyl (C=O) groups excluding carboxylic acids is 1. The molecule has 4 rings (SSSR count). The summed E-state index contributed by atoms with van der Waals surface area (Å²) in [6, 6.07) is 21.8. The van der Waals surface area contributed by atoms with Gasteiger partial charge in [-0.1, -0.05) is 48.5 Å². The van der Waals surface area contributed by atoms with E-state index in [9.17, 15) is 4.79 Å². The number of carbonyl (C=O) groups is 1. The van der Waals surface area contributed by atoms with E-state index < -0.39 is 0 Å². The number of hydrogen-bond donors (Lipinski definition) is 0. The SMILES string of the molecule is CC1CN([C@H](C)c2ccccc2)C(=O)c2cc(COc3ccccc3)nn21. The van der Waals surface area contributed by atoms with Gasteiger partial charge in [-0.3, -0.25) is 9.48 Å². The Labute approximate surface area is 159 Å². The van der Waals surface area contributed by atoms with Crippen molar-refractivity contribution in [1.82, 2.24) is 14.7 Å². The van der Waals surface area contributed by atoms with Gasteiger partial charge in [-0.2, -0.15) is 5.10 Å². The lowest BCUT2D eigenvalue weighted by Crippen LogP contribution is -2.43. The first kappa shape index (κ1) is 17.3. The Balaban J connectivity index is 1.54. The van der Waals surface area contributed by atoms with E-state index in [0.717, 1.165) is 17.0 Å². The van der Waals surface area contributed by atoms with Gasteiger partial charge < -0.3 is 9.64 Å². The number of fused-ring (bicyclic) bond motifs is 1. The molecule has 27 heavy (non-hydrogen) atoms. The second kappa shape index (κ2) is 7.27. The maximum absolute atomic E-state index is 13.1. The van der Waals surface area contributed by atoms with Crippen LogP contribution in [0.3, 0.4) is 0 Å². The summed E-state index contributed by atoms with van der Waals surface area (Å²) in [7, 11) is 0. The van der Waals surface area contributed by atoms with Crippen LogP contribution in [0.5, 0.6) is 5.75 Å². The van der Waals surface area contributed by atoms with Gasteiger partial charge in [-0.05, 0) is 37.6 Å². The van der Waals surface area contributed by atoms with E-state index in [4.69, 9.17) is 4.74 Å². The number of hydrogen-bond acceptors (Lipinski definition) is 3. The minimum atomic E-state index is 0.0166. The lowest BCUT2D eigenvalue weighted by molar-refractivity contribution is 0.0586. The Bertz CT molecular complexity index is 921. The molecule has 0 radical (unpaired) electrons. The van der Waals surface area contributed by atoms with Gasteiger partial charge in [0, 0.05) is 6.54 Å². The molecule has 1 aliphatic heterocycles. The van der Waals surface area contributed by atoms with Crippen LogP contribution < -0.4 is 4.74 Å². The van der Waals surface area contributed by atoms with Gasteiger partial charge in [0.25, 0.3) is 5.91 Å². The number of aromatic nitrogens is 2. The summed E-state index contributed by atoms with van der Waals surface area (Å²) in [5.74, 6) is 0.810. The van der Waals surface area contributed by atoms with Crippen LogP contribution in [-0.2, 0) is 6.61 Å². The molecule has 0 saturated carbocycles. The lowest BCUT2D eigenvalue weighted by Gasteiger charge is -2.36. The van der Waals surface area contributed by atoms with E-state index in [0.29, 0.717) is 18.8 Å². The predicted octanol–water partition coefficient (Wildman–Crippen LogP) is 4.24. The van der Waals surface area contributed by atoms with Crippen LogP contribution in [0, 0.1) is 0 Å². The highest BCUT2D eigenvalue weighted by atomic mass is 16.5. The monoisotopic (exact) mass is 361 g/mol. The van der Waals surface area contributed by atoms with Crippen molar-refractivity contribution in [2.24, 2.45) is 0 Å². The van der Waals surface area contributed by atoms with E-state index in [2.05, 4.69) is 31.1 Å². The third kappa shape index (κ3) is 3.45. The average Bonchev–Trinajstić information content (AvgIpc) is 3.15. The molecule has 1 aliphatic rings. The standard InChI is InChI=1S/C22H23N3O2/c1-16-14-24(17(2)18-9-5-3-6-10-18)22(26)21-13-19(23-25(16)21)15-27-20-11-7-4-8-12-20/h3-13,16-17H,14-15H2,1-2H3/t16?,17-/m1/s1. The fraction of sp³-hybridized carbons (Fsp3) is 0.273. The van der Waals surface area contributed by atoms with Crippen molar-refractivity contribution < 1.29 is 9.53 Å². The molecule has 2 aromatic carbocycles. The molecule has 1 aromatic heterocycles. The van der Waals surface area contributed by atoms with Gasteiger partial charge in [0.15, 0.2) is 0 Å². The fourth-order valence-electron chi connectivity index (χ4n) is 3.52. The summed E-state index contributed by atoms with van der Waals surface area (Å²) < 4.78 is 7.62. The summed E-state index contributed by atoms with van der Waals surface area (Å²) in [5.41, 5.74) is 2.53. The summed E-state index contributed by atoms with van der Waals surface area (Å²) in [5, 5.41) is 4.61. The molecule has 0 spiro atoms. The summed E-state index contributed by atoms with van der Waals surface area (Å²) in [6.45, 7) is 5.15. The van der Waals surface area contributed by atoms with Crippen LogP contribution in [0.25, 0.3) is 0 Å². The quantitative estimate of drug-likeness (QED) is 0.683. The average molecular weight is 361 g/mol. The van der Waals surface area contributed by atoms with Gasteiger partial charge in [-0.25, -0.2) is 0 Å². The smallest absolute Gasteiger partial charge is 0.272 e. The zero-order chi connectivity index (χ0) is 18.8. The molecular weight excluding hydrogens is 338 g/mol. The molecule has 5 nitrogen and oxygen atoms in total. The predicted molar refractivity (Wildman–Crippen MR) is 104 cm³/mol. The molecule has 3 aromatic rings. The topological polar surface area (TPSA) is 47.4 Å². The van der Waals surface area contributed by atoms with Crippen molar-refractivity contribution in [2.45, 2.75) is 32.5 Å². The number of ether oxygens (including phenoxy) is 1. The first-order valence-electron chi connectivity index (χ1n) is 9.25. The Morgan fingerprint density at radius 1 is 1.11 bits per heavy atom. The number of rotatable bonds is 5. The third-order valence-electron chi connectivity index (χ3n) is 5.02. The molecule has 5 heteroatoms. The fourth-order valence-corrected chi connectivity index (χ4v) is 3.52. The van der Waals surface area contributed by atoms with E-state index in [-0.39, 0.29) is 18.0 Å². The Morgan fingerprint density at radius 3 is 2.48 bits per heavy atom. The van der Waals surface area contributed by atoms with Gasteiger partial charge >= 0.3 is 0 Å². The van der Waals surface area contributed by atoms with Gasteiger partial charge in [0.2, 0.25) is 0 Å². The van der Waals surface area contributed by atoms with Crippen LogP contribution in [-0.4, -0.2) is 27.1 Å². The molecule has 0 saturated heterocycles. The van der Waals surface area contributed by atoms with Crippen molar-refractivity contribution in [3.8, 4) is 5.75 Å². The third-order valence-corrected chi connectivity index (χ3v) is 5.02. The summed E-state index contributed by atoms with van der Waals surface area (Å²) in [4.78, 5) is 15.0. The van der Waals surface area contributed by atoms with Crippen molar-refractivity contribution in [1.29, 1.82) is 0 Å². The maximum Gasteiger partial charge on any atom is 0.272 e. The molecule has 1 unspecified atom stereocenters. The van der Waals surface area contributed by atoms with Crippen molar-refractivity contribution >= 4 is 5.91 Å². The minimum absolute atomic E-state index is 0.0166. The highest BCUT2D eigenvalue weighted by Gasteiger charge is 2.33. The van der Waals surface area contributed by atoms with Crippen molar-refractivity contribution in [2.75, 3.05) is 6.54 Å². The van der Waals surface area contributed by atoms with Gasteiger partial charge in [0.1, 0.15) is 23.7 Å². The number of benzene rings is 2. The van der Waals surface area contributed by atoms with Crippen molar-refractivity contribution in [3.63, 3.8) is 0 Å². The van der Waals surface area contributed by atoms with E-state index >= 15 is 0 Å². The molecule has 1 amide bonds. The number of para-hydroxylation sites is 1. The van der Waals surface area contributed by atoms with Crippen molar-refractivity contribution in [3.05, 3.63) is 83.7 Å². The Hall–Kier alpha value is -3.08. The second-order valence-electron chi connectivity index (χ2n) is 6.96. The van der Waals surface area contributed by atoms with Crippen LogP contribution in [0.2, 0.25) is 0 Å². The van der Waals surface area contributed by atoms with Crippen LogP contribution in [0.1, 0.15) is 47.7 Å². The number of amides is 1. The molecule has 2 atom stereocenters. The maximum atomic E-state index is 13.1. The van der Waals surface area contributed by atoms with Crippen LogP contribution >= 0.6 is 0 Å². The van der Waals surface area contributed by atoms with E-state index in [1.54, 1.807) is 0 Å². The largest absolute Gasteiger partial charge is 0.487 e. The molecule has 2 heterocycles. The summed E-state index contributed by atoms with van der Waals surface area (Å²) >= 11 is 0. The molecule has 0 bridgehead atoms. The second-order valence-corrected chi connectivity index (χ2v) is 6.96. The van der Waals surface area contributed by atoms with Crippen LogP contribution in [0.4, 0.5) is 0 Å². The van der Waals surface area contributed by atoms with Gasteiger partial charge in [0.05, 0.1) is 12.1 Å². The summed E-state index contributed by atoms with van der Waals surface area (Å²) in [6.07, 6.45) is 0. The lowest BCUT2D eigenvalue weighted by atomic mass is 10.0. The highest BCUT2D eigenvalue weighted by molar-refractivity contribution is 5.93. The normalized spacial score (nSPS) is 17.5. The molecule has 0 N–H and O–H groups in total. The molecule has 0 fully saturated rings. The van der Waals surface area contributed by atoms with E-state index in [1.807, 2.05) is 64.2 Å². The first-order chi connectivity index (χ1) is 13.1. The zero-order valence-corrected chi connectivity index (χ0v) is 15.6. The Morgan fingerprint density at radius 2 is 1.78 bits per heavy atom. The first-order valence-corrected chi connectivity index (χ1v) is 9.25. The molecular formula is C22H23N3O2. The molecule has 0 aliphatic carbocycles. The zero-order valence-electron chi connectivity index (χ0n) is 15.6. The van der Waals surface area contributed by atoms with Gasteiger partial charge in [-0.15, -0.1) is 0 Å². The van der Waals surface area contributed by atoms with E-state index in [1.165, 1.54) is 0 Å². The molecule has 138 valence electrons. The number of nitrogens with zero attached hydrogens (tertiary/aromatic N) is 3. The van der Waals surface area contributed by atoms with Crippen LogP contribution in [0.15, 0.2) is 66.7 Å². The Kier molecular flexibility index (Phi) is 4.67. The highest BCUT2D eigenvalue weighted by Crippen LogP contribution is 2.29.